The molecule has 1 aliphatic carbocycles. The Balaban J connectivity index is 1.41. The smallest absolute Gasteiger partial charge is 0.165 e. The topological polar surface area (TPSA) is 33.6 Å². The van der Waals surface area contributed by atoms with E-state index in [0.717, 1.165) is 10.9 Å². The molecule has 3 nitrogen and oxygen atoms in total. The van der Waals surface area contributed by atoms with Crippen molar-refractivity contribution in [1.82, 2.24) is 5.32 Å². The molecule has 1 heterocycles. The van der Waals surface area contributed by atoms with E-state index in [0.29, 0.717) is 24.4 Å². The van der Waals surface area contributed by atoms with Crippen molar-refractivity contribution in [2.45, 2.75) is 37.8 Å². The van der Waals surface area contributed by atoms with Crippen LogP contribution in [0, 0.1) is 5.82 Å². The summed E-state index contributed by atoms with van der Waals surface area (Å²) >= 11 is 1.67. The summed E-state index contributed by atoms with van der Waals surface area (Å²) in [4.78, 5) is 4.71. The first-order chi connectivity index (χ1) is 9.83. The number of aliphatic imine (C=N–C) groups is 1. The quantitative estimate of drug-likeness (QED) is 0.866. The lowest BCUT2D eigenvalue weighted by Crippen LogP contribution is -2.36. The molecule has 1 aromatic carbocycles. The number of ether oxygens (including phenoxy) is 1. The van der Waals surface area contributed by atoms with Crippen molar-refractivity contribution in [2.75, 3.05) is 12.4 Å². The van der Waals surface area contributed by atoms with Crippen LogP contribution in [0.4, 0.5) is 4.39 Å². The summed E-state index contributed by atoms with van der Waals surface area (Å²) in [7, 11) is 0. The Bertz CT molecular complexity index is 495. The second kappa shape index (κ2) is 6.48. The van der Waals surface area contributed by atoms with Crippen LogP contribution in [0.1, 0.15) is 25.7 Å². The Morgan fingerprint density at radius 1 is 1.30 bits per heavy atom. The van der Waals surface area contributed by atoms with Crippen LogP contribution in [0.25, 0.3) is 0 Å². The molecule has 1 fully saturated rings. The van der Waals surface area contributed by atoms with Crippen LogP contribution in [0.15, 0.2) is 29.3 Å². The summed E-state index contributed by atoms with van der Waals surface area (Å²) in [6, 6.07) is 7.52. The van der Waals surface area contributed by atoms with Gasteiger partial charge in [-0.15, -0.1) is 0 Å². The monoisotopic (exact) mass is 294 g/mol. The molecule has 2 atom stereocenters. The summed E-state index contributed by atoms with van der Waals surface area (Å²) < 4.78 is 18.8. The minimum absolute atomic E-state index is 0.306. The predicted molar refractivity (Wildman–Crippen MR) is 81.0 cm³/mol. The lowest BCUT2D eigenvalue weighted by atomic mass is 9.92. The largest absolute Gasteiger partial charge is 0.490 e. The minimum Gasteiger partial charge on any atom is -0.490 e. The van der Waals surface area contributed by atoms with E-state index in [1.165, 1.54) is 31.7 Å². The molecule has 0 aromatic heterocycles. The molecule has 1 saturated carbocycles. The number of para-hydroxylation sites is 1. The van der Waals surface area contributed by atoms with Gasteiger partial charge in [0.1, 0.15) is 0 Å². The number of amidine groups is 1. The number of halogens is 1. The number of nitrogens with one attached hydrogen (secondary N) is 1. The van der Waals surface area contributed by atoms with Crippen molar-refractivity contribution in [1.29, 1.82) is 0 Å². The first-order valence-electron chi connectivity index (χ1n) is 7.17. The molecule has 3 rings (SSSR count). The van der Waals surface area contributed by atoms with E-state index in [4.69, 9.17) is 9.73 Å². The number of rotatable bonds is 4. The summed E-state index contributed by atoms with van der Waals surface area (Å²) in [5, 5.41) is 4.51. The molecule has 0 amide bonds. The minimum atomic E-state index is -0.306. The van der Waals surface area contributed by atoms with Gasteiger partial charge in [-0.2, -0.15) is 0 Å². The second-order valence-corrected chi connectivity index (χ2v) is 6.25. The van der Waals surface area contributed by atoms with Gasteiger partial charge in [0.25, 0.3) is 0 Å². The molecule has 2 aliphatic rings. The number of fused-ring (bicyclic) bond motifs is 1. The van der Waals surface area contributed by atoms with Crippen molar-refractivity contribution < 1.29 is 9.13 Å². The SMILES string of the molecule is Fc1ccccc1OCCSC1=NC2CCCCC2N1. The van der Waals surface area contributed by atoms with E-state index in [1.54, 1.807) is 30.0 Å². The maximum atomic E-state index is 13.4. The maximum absolute atomic E-state index is 13.4. The Morgan fingerprint density at radius 3 is 3.00 bits per heavy atom. The molecule has 1 N–H and O–H groups in total. The van der Waals surface area contributed by atoms with Gasteiger partial charge in [0.05, 0.1) is 18.7 Å². The molecule has 108 valence electrons. The van der Waals surface area contributed by atoms with Gasteiger partial charge in [-0.05, 0) is 25.0 Å². The first kappa shape index (κ1) is 13.7. The average molecular weight is 294 g/mol. The zero-order chi connectivity index (χ0) is 13.8. The van der Waals surface area contributed by atoms with Gasteiger partial charge in [-0.25, -0.2) is 4.39 Å². The van der Waals surface area contributed by atoms with Gasteiger partial charge >= 0.3 is 0 Å². The van der Waals surface area contributed by atoms with Gasteiger partial charge in [-0.1, -0.05) is 36.7 Å². The molecule has 20 heavy (non-hydrogen) atoms. The molecule has 2 unspecified atom stereocenters. The fourth-order valence-electron chi connectivity index (χ4n) is 2.71. The van der Waals surface area contributed by atoms with Crippen molar-refractivity contribution in [2.24, 2.45) is 4.99 Å². The lowest BCUT2D eigenvalue weighted by Gasteiger charge is -2.23. The number of nitrogens with zero attached hydrogens (tertiary/aromatic N) is 1. The van der Waals surface area contributed by atoms with E-state index in [-0.39, 0.29) is 5.82 Å². The molecular formula is C15H19FN2OS. The van der Waals surface area contributed by atoms with Crippen molar-refractivity contribution in [3.05, 3.63) is 30.1 Å². The third-order valence-corrected chi connectivity index (χ3v) is 4.61. The molecule has 0 bridgehead atoms. The molecule has 1 aliphatic heterocycles. The van der Waals surface area contributed by atoms with E-state index >= 15 is 0 Å². The van der Waals surface area contributed by atoms with Gasteiger partial charge in [0, 0.05) is 5.75 Å². The molecular weight excluding hydrogens is 275 g/mol. The molecule has 0 saturated heterocycles. The number of thioether (sulfide) groups is 1. The van der Waals surface area contributed by atoms with Gasteiger partial charge < -0.3 is 10.1 Å². The summed E-state index contributed by atoms with van der Waals surface area (Å²) in [5.74, 6) is 0.794. The Hall–Kier alpha value is -1.23. The predicted octanol–water partition coefficient (Wildman–Crippen LogP) is 3.21. The highest BCUT2D eigenvalue weighted by Gasteiger charge is 2.30. The Morgan fingerprint density at radius 2 is 2.15 bits per heavy atom. The number of hydrogen-bond acceptors (Lipinski definition) is 4. The Labute approximate surface area is 123 Å². The third kappa shape index (κ3) is 3.26. The first-order valence-corrected chi connectivity index (χ1v) is 8.16. The van der Waals surface area contributed by atoms with Crippen molar-refractivity contribution >= 4 is 16.9 Å². The van der Waals surface area contributed by atoms with Gasteiger partial charge in [-0.3, -0.25) is 4.99 Å². The highest BCUT2D eigenvalue weighted by Crippen LogP contribution is 2.27. The van der Waals surface area contributed by atoms with Gasteiger partial charge in [0.15, 0.2) is 16.7 Å². The van der Waals surface area contributed by atoms with Crippen LogP contribution < -0.4 is 10.1 Å². The summed E-state index contributed by atoms with van der Waals surface area (Å²) in [6.45, 7) is 0.488. The average Bonchev–Trinajstić information content (AvgIpc) is 2.88. The van der Waals surface area contributed by atoms with E-state index in [1.807, 2.05) is 0 Å². The summed E-state index contributed by atoms with van der Waals surface area (Å²) in [5.41, 5.74) is 0. The van der Waals surface area contributed by atoms with Crippen molar-refractivity contribution in [3.63, 3.8) is 0 Å². The van der Waals surface area contributed by atoms with Crippen LogP contribution in [-0.4, -0.2) is 29.6 Å². The summed E-state index contributed by atoms with van der Waals surface area (Å²) in [6.07, 6.45) is 5.02. The fraction of sp³-hybridized carbons (Fsp3) is 0.533. The van der Waals surface area contributed by atoms with Crippen LogP contribution in [0.3, 0.4) is 0 Å². The van der Waals surface area contributed by atoms with Gasteiger partial charge in [0.2, 0.25) is 0 Å². The molecule has 5 heteroatoms. The van der Waals surface area contributed by atoms with Crippen LogP contribution in [-0.2, 0) is 0 Å². The van der Waals surface area contributed by atoms with Crippen LogP contribution in [0.5, 0.6) is 5.75 Å². The van der Waals surface area contributed by atoms with Crippen LogP contribution >= 0.6 is 11.8 Å². The van der Waals surface area contributed by atoms with Crippen molar-refractivity contribution in [3.8, 4) is 5.75 Å². The van der Waals surface area contributed by atoms with E-state index in [2.05, 4.69) is 5.32 Å². The maximum Gasteiger partial charge on any atom is 0.165 e. The molecule has 0 radical (unpaired) electrons. The highest BCUT2D eigenvalue weighted by atomic mass is 32.2. The lowest BCUT2D eigenvalue weighted by molar-refractivity contribution is 0.325. The number of benzene rings is 1. The third-order valence-electron chi connectivity index (χ3n) is 3.74. The standard InChI is InChI=1S/C15H19FN2OS/c16-11-5-1-4-8-14(11)19-9-10-20-15-17-12-6-2-3-7-13(12)18-15/h1,4-5,8,12-13H,2-3,6-7,9-10H2,(H,17,18). The van der Waals surface area contributed by atoms with Crippen LogP contribution in [0.2, 0.25) is 0 Å². The van der Waals surface area contributed by atoms with E-state index < -0.39 is 0 Å². The fourth-order valence-corrected chi connectivity index (χ4v) is 3.52. The zero-order valence-electron chi connectivity index (χ0n) is 11.3. The second-order valence-electron chi connectivity index (χ2n) is 5.16. The normalized spacial score (nSPS) is 24.8. The molecule has 1 aromatic rings. The number of hydrogen-bond donors (Lipinski definition) is 1. The van der Waals surface area contributed by atoms with E-state index in [9.17, 15) is 4.39 Å². The molecule has 0 spiro atoms. The zero-order valence-corrected chi connectivity index (χ0v) is 12.2. The highest BCUT2D eigenvalue weighted by molar-refractivity contribution is 8.13. The Kier molecular flexibility index (Phi) is 4.45.